The van der Waals surface area contributed by atoms with Crippen molar-refractivity contribution in [3.05, 3.63) is 89.7 Å². The molecule has 3 rings (SSSR count). The summed E-state index contributed by atoms with van der Waals surface area (Å²) in [5.41, 5.74) is 6.49. The zero-order chi connectivity index (χ0) is 21.9. The van der Waals surface area contributed by atoms with Gasteiger partial charge in [0.05, 0.1) is 0 Å². The Labute approximate surface area is 180 Å². The molecule has 160 valence electrons. The molecule has 8 nitrogen and oxygen atoms in total. The SMILES string of the molecule is CCNC(=O)NNC(=O)c1nccc(OCc2ccccc2)c1OCc1ccccc1. The minimum absolute atomic E-state index is 0.00158. The first-order chi connectivity index (χ1) is 15.2. The van der Waals surface area contributed by atoms with E-state index in [-0.39, 0.29) is 18.1 Å². The fourth-order valence-electron chi connectivity index (χ4n) is 2.69. The maximum absolute atomic E-state index is 12.7. The molecule has 0 fully saturated rings. The Morgan fingerprint density at radius 1 is 0.839 bits per heavy atom. The summed E-state index contributed by atoms with van der Waals surface area (Å²) in [6.45, 7) is 2.71. The van der Waals surface area contributed by atoms with Gasteiger partial charge in [0.15, 0.2) is 17.2 Å². The number of rotatable bonds is 8. The van der Waals surface area contributed by atoms with Gasteiger partial charge in [0.1, 0.15) is 13.2 Å². The maximum Gasteiger partial charge on any atom is 0.333 e. The molecule has 0 aliphatic heterocycles. The van der Waals surface area contributed by atoms with E-state index in [0.717, 1.165) is 11.1 Å². The second kappa shape index (κ2) is 11.2. The molecule has 1 aromatic heterocycles. The lowest BCUT2D eigenvalue weighted by Crippen LogP contribution is -2.47. The number of pyridine rings is 1. The highest BCUT2D eigenvalue weighted by Gasteiger charge is 2.20. The second-order valence-electron chi connectivity index (χ2n) is 6.47. The normalized spacial score (nSPS) is 10.1. The van der Waals surface area contributed by atoms with Crippen LogP contribution in [0.15, 0.2) is 72.9 Å². The molecule has 0 aliphatic carbocycles. The minimum Gasteiger partial charge on any atom is -0.485 e. The van der Waals surface area contributed by atoms with Crippen LogP contribution in [-0.2, 0) is 13.2 Å². The van der Waals surface area contributed by atoms with Crippen LogP contribution in [0.1, 0.15) is 28.5 Å². The summed E-state index contributed by atoms with van der Waals surface area (Å²) >= 11 is 0. The number of amides is 3. The van der Waals surface area contributed by atoms with E-state index in [1.54, 1.807) is 13.0 Å². The Bertz CT molecular complexity index is 997. The number of nitrogens with one attached hydrogen (secondary N) is 3. The number of hydrogen-bond acceptors (Lipinski definition) is 5. The number of hydrazine groups is 1. The Hall–Kier alpha value is -4.07. The third-order valence-electron chi connectivity index (χ3n) is 4.17. The van der Waals surface area contributed by atoms with Crippen LogP contribution in [0, 0.1) is 0 Å². The van der Waals surface area contributed by atoms with Crippen LogP contribution in [0.2, 0.25) is 0 Å². The molecule has 3 N–H and O–H groups in total. The summed E-state index contributed by atoms with van der Waals surface area (Å²) < 4.78 is 11.9. The predicted molar refractivity (Wildman–Crippen MR) is 115 cm³/mol. The van der Waals surface area contributed by atoms with Gasteiger partial charge in [-0.25, -0.2) is 15.2 Å². The number of nitrogens with zero attached hydrogens (tertiary/aromatic N) is 1. The topological polar surface area (TPSA) is 102 Å². The lowest BCUT2D eigenvalue weighted by molar-refractivity contribution is 0.0924. The smallest absolute Gasteiger partial charge is 0.333 e. The van der Waals surface area contributed by atoms with Crippen molar-refractivity contribution in [3.63, 3.8) is 0 Å². The lowest BCUT2D eigenvalue weighted by Gasteiger charge is -2.16. The summed E-state index contributed by atoms with van der Waals surface area (Å²) in [6.07, 6.45) is 1.46. The molecular weight excluding hydrogens is 396 g/mol. The van der Waals surface area contributed by atoms with Gasteiger partial charge in [-0.1, -0.05) is 60.7 Å². The number of hydrogen-bond donors (Lipinski definition) is 3. The zero-order valence-electron chi connectivity index (χ0n) is 17.1. The Morgan fingerprint density at radius 3 is 2.06 bits per heavy atom. The third kappa shape index (κ3) is 6.46. The highest BCUT2D eigenvalue weighted by Crippen LogP contribution is 2.31. The van der Waals surface area contributed by atoms with Crippen LogP contribution in [-0.4, -0.2) is 23.5 Å². The maximum atomic E-state index is 12.7. The predicted octanol–water partition coefficient (Wildman–Crippen LogP) is 3.20. The monoisotopic (exact) mass is 420 g/mol. The largest absolute Gasteiger partial charge is 0.485 e. The fraction of sp³-hybridized carbons (Fsp3) is 0.174. The van der Waals surface area contributed by atoms with Crippen molar-refractivity contribution in [2.45, 2.75) is 20.1 Å². The summed E-state index contributed by atoms with van der Waals surface area (Å²) in [7, 11) is 0. The van der Waals surface area contributed by atoms with Crippen molar-refractivity contribution in [3.8, 4) is 11.5 Å². The van der Waals surface area contributed by atoms with Crippen LogP contribution in [0.4, 0.5) is 4.79 Å². The van der Waals surface area contributed by atoms with E-state index in [9.17, 15) is 9.59 Å². The average molecular weight is 420 g/mol. The molecule has 3 aromatic rings. The van der Waals surface area contributed by atoms with Crippen LogP contribution in [0.5, 0.6) is 11.5 Å². The Kier molecular flexibility index (Phi) is 7.82. The first kappa shape index (κ1) is 21.6. The van der Waals surface area contributed by atoms with E-state index in [1.165, 1.54) is 6.20 Å². The molecule has 8 heteroatoms. The van der Waals surface area contributed by atoms with Gasteiger partial charge in [0.25, 0.3) is 5.91 Å². The molecule has 0 spiro atoms. The quantitative estimate of drug-likeness (QED) is 0.486. The first-order valence-corrected chi connectivity index (χ1v) is 9.84. The molecule has 0 saturated carbocycles. The van der Waals surface area contributed by atoms with Crippen molar-refractivity contribution in [2.24, 2.45) is 0 Å². The summed E-state index contributed by atoms with van der Waals surface area (Å²) in [5, 5.41) is 2.52. The van der Waals surface area contributed by atoms with E-state index in [0.29, 0.717) is 18.9 Å². The number of aromatic nitrogens is 1. The number of urea groups is 1. The Balaban J connectivity index is 1.80. The average Bonchev–Trinajstić information content (AvgIpc) is 2.81. The Morgan fingerprint density at radius 2 is 1.45 bits per heavy atom. The van der Waals surface area contributed by atoms with Crippen molar-refractivity contribution < 1.29 is 19.1 Å². The molecule has 3 amide bonds. The number of benzene rings is 2. The highest BCUT2D eigenvalue weighted by atomic mass is 16.5. The van der Waals surface area contributed by atoms with Crippen LogP contribution in [0.3, 0.4) is 0 Å². The van der Waals surface area contributed by atoms with E-state index in [2.05, 4.69) is 21.2 Å². The molecule has 0 bridgehead atoms. The van der Waals surface area contributed by atoms with Gasteiger partial charge in [-0.3, -0.25) is 10.2 Å². The third-order valence-corrected chi connectivity index (χ3v) is 4.17. The summed E-state index contributed by atoms with van der Waals surface area (Å²) in [6, 6.07) is 20.3. The molecule has 0 aliphatic rings. The van der Waals surface area contributed by atoms with Gasteiger partial charge in [-0.05, 0) is 18.1 Å². The van der Waals surface area contributed by atoms with Crippen LogP contribution in [0.25, 0.3) is 0 Å². The van der Waals surface area contributed by atoms with Gasteiger partial charge < -0.3 is 14.8 Å². The van der Waals surface area contributed by atoms with Crippen LogP contribution >= 0.6 is 0 Å². The molecule has 0 atom stereocenters. The first-order valence-electron chi connectivity index (χ1n) is 9.84. The number of ether oxygens (including phenoxy) is 2. The molecule has 0 radical (unpaired) electrons. The van der Waals surface area contributed by atoms with Crippen molar-refractivity contribution in [2.75, 3.05) is 6.54 Å². The van der Waals surface area contributed by atoms with Crippen molar-refractivity contribution in [1.29, 1.82) is 0 Å². The standard InChI is InChI=1S/C23H24N4O4/c1-2-24-23(29)27-26-22(28)20-21(31-16-18-11-7-4-8-12-18)19(13-14-25-20)30-15-17-9-5-3-6-10-17/h3-14H,2,15-16H2,1H3,(H,26,28)(H2,24,27,29). The van der Waals surface area contributed by atoms with E-state index < -0.39 is 11.9 Å². The summed E-state index contributed by atoms with van der Waals surface area (Å²) in [5.74, 6) is -0.0603. The fourth-order valence-corrected chi connectivity index (χ4v) is 2.69. The van der Waals surface area contributed by atoms with Gasteiger partial charge in [-0.15, -0.1) is 0 Å². The minimum atomic E-state index is -0.625. The molecule has 0 unspecified atom stereocenters. The van der Waals surface area contributed by atoms with Gasteiger partial charge in [0, 0.05) is 18.8 Å². The molecular formula is C23H24N4O4. The number of carbonyl (C=O) groups excluding carboxylic acids is 2. The highest BCUT2D eigenvalue weighted by molar-refractivity contribution is 5.96. The van der Waals surface area contributed by atoms with E-state index in [1.807, 2.05) is 60.7 Å². The van der Waals surface area contributed by atoms with Crippen LogP contribution < -0.4 is 25.6 Å². The number of carbonyl (C=O) groups is 2. The molecule has 1 heterocycles. The van der Waals surface area contributed by atoms with E-state index in [4.69, 9.17) is 9.47 Å². The molecule has 2 aromatic carbocycles. The lowest BCUT2D eigenvalue weighted by atomic mass is 10.2. The second-order valence-corrected chi connectivity index (χ2v) is 6.47. The van der Waals surface area contributed by atoms with Gasteiger partial charge >= 0.3 is 6.03 Å². The molecule has 31 heavy (non-hydrogen) atoms. The van der Waals surface area contributed by atoms with Crippen molar-refractivity contribution in [1.82, 2.24) is 21.2 Å². The molecule has 0 saturated heterocycles. The van der Waals surface area contributed by atoms with E-state index >= 15 is 0 Å². The van der Waals surface area contributed by atoms with Crippen molar-refractivity contribution >= 4 is 11.9 Å². The van der Waals surface area contributed by atoms with Gasteiger partial charge in [0.2, 0.25) is 0 Å². The summed E-state index contributed by atoms with van der Waals surface area (Å²) in [4.78, 5) is 28.4. The van der Waals surface area contributed by atoms with Gasteiger partial charge in [-0.2, -0.15) is 0 Å². The zero-order valence-corrected chi connectivity index (χ0v) is 17.1.